The summed E-state index contributed by atoms with van der Waals surface area (Å²) in [5.74, 6) is -2.21. The lowest BCUT2D eigenvalue weighted by Gasteiger charge is -2.49. The number of carbonyl (C=O) groups excluding carboxylic acids is 1. The minimum atomic E-state index is -1.78. The Balaban J connectivity index is 2.06. The van der Waals surface area contributed by atoms with Crippen molar-refractivity contribution in [2.45, 2.75) is 179 Å². The van der Waals surface area contributed by atoms with Crippen LogP contribution in [0.5, 0.6) is 0 Å². The van der Waals surface area contributed by atoms with Crippen LogP contribution in [0.4, 0.5) is 0 Å². The largest absolute Gasteiger partial charge is 0.854 e. The number of methoxy groups -OCH3 is 1. The van der Waals surface area contributed by atoms with Crippen LogP contribution in [-0.4, -0.2) is 125 Å². The maximum absolute atomic E-state index is 13.9. The number of nitrogens with one attached hydrogen (secondary N) is 1. The fraction of sp³-hybridized carbons (Fsp3) is 0.971. The molecule has 0 spiro atoms. The normalized spacial score (nSPS) is 49.1. The van der Waals surface area contributed by atoms with Gasteiger partial charge in [0.25, 0.3) is 0 Å². The van der Waals surface area contributed by atoms with Gasteiger partial charge in [-0.25, -0.2) is 0 Å². The van der Waals surface area contributed by atoms with E-state index < -0.39 is 96.5 Å². The second-order valence-electron chi connectivity index (χ2n) is 15.4. The zero-order valence-electron chi connectivity index (χ0n) is 30.7. The molecule has 0 saturated carbocycles. The van der Waals surface area contributed by atoms with Gasteiger partial charge in [-0.1, -0.05) is 13.8 Å². The molecule has 0 radical (unpaired) electrons. The summed E-state index contributed by atoms with van der Waals surface area (Å²) in [5.41, 5.74) is -4.13. The van der Waals surface area contributed by atoms with Crippen molar-refractivity contribution in [2.24, 2.45) is 17.8 Å². The lowest BCUT2D eigenvalue weighted by Crippen LogP contribution is -2.59. The predicted octanol–water partition coefficient (Wildman–Crippen LogP) is 1.39. The minimum absolute atomic E-state index is 0.0144. The van der Waals surface area contributed by atoms with Crippen LogP contribution in [0.15, 0.2) is 0 Å². The molecule has 0 aromatic carbocycles. The van der Waals surface area contributed by atoms with Crippen LogP contribution in [0, 0.1) is 17.8 Å². The predicted molar refractivity (Wildman–Crippen MR) is 174 cm³/mol. The van der Waals surface area contributed by atoms with Gasteiger partial charge in [-0.2, -0.15) is 0 Å². The highest BCUT2D eigenvalue weighted by Crippen LogP contribution is 2.39. The van der Waals surface area contributed by atoms with Crippen LogP contribution in [0.3, 0.4) is 0 Å². The molecule has 13 nitrogen and oxygen atoms in total. The molecule has 3 rings (SSSR count). The number of aliphatic hydroxyl groups excluding tert-OH is 2. The van der Waals surface area contributed by atoms with E-state index in [-0.39, 0.29) is 37.7 Å². The second kappa shape index (κ2) is 17.0. The zero-order valence-corrected chi connectivity index (χ0v) is 30.7. The zero-order chi connectivity index (χ0) is 36.2. The van der Waals surface area contributed by atoms with Crippen LogP contribution in [0.1, 0.15) is 101 Å². The van der Waals surface area contributed by atoms with Gasteiger partial charge in [0.2, 0.25) is 0 Å². The molecule has 3 aliphatic heterocycles. The van der Waals surface area contributed by atoms with Gasteiger partial charge in [-0.3, -0.25) is 4.79 Å². The molecule has 0 aliphatic carbocycles. The third-order valence-electron chi connectivity index (χ3n) is 11.1. The maximum Gasteiger partial charge on any atom is 0.311 e. The lowest BCUT2D eigenvalue weighted by molar-refractivity contribution is -0.406. The van der Waals surface area contributed by atoms with Crippen molar-refractivity contribution < 1.29 is 58.7 Å². The van der Waals surface area contributed by atoms with Crippen LogP contribution < -0.4 is 10.4 Å². The molecule has 13 heteroatoms. The molecule has 0 aromatic rings. The number of carbonyl (C=O) groups is 1. The first-order chi connectivity index (χ1) is 22.3. The monoisotopic (exact) mass is 690 g/mol. The summed E-state index contributed by atoms with van der Waals surface area (Å²) in [7, 11) is 1.54. The van der Waals surface area contributed by atoms with Crippen molar-refractivity contribution in [3.05, 3.63) is 0 Å². The number of hydrogen-bond donors (Lipinski definition) is 5. The molecule has 48 heavy (non-hydrogen) atoms. The fourth-order valence-corrected chi connectivity index (χ4v) is 7.56. The third-order valence-corrected chi connectivity index (χ3v) is 11.1. The van der Waals surface area contributed by atoms with Crippen LogP contribution >= 0.6 is 0 Å². The summed E-state index contributed by atoms with van der Waals surface area (Å²) >= 11 is 0. The maximum atomic E-state index is 13.9. The molecule has 3 fully saturated rings. The van der Waals surface area contributed by atoms with Gasteiger partial charge in [-0.05, 0) is 92.5 Å². The van der Waals surface area contributed by atoms with Crippen LogP contribution in [0.25, 0.3) is 0 Å². The highest BCUT2D eigenvalue weighted by atomic mass is 16.7. The number of hydrogen-bond acceptors (Lipinski definition) is 13. The molecule has 0 amide bonds. The number of esters is 1. The molecule has 3 heterocycles. The van der Waals surface area contributed by atoms with Gasteiger partial charge in [0.15, 0.2) is 12.6 Å². The summed E-state index contributed by atoms with van der Waals surface area (Å²) < 4.78 is 36.9. The Morgan fingerprint density at radius 2 is 1.67 bits per heavy atom. The topological polar surface area (TPSA) is 188 Å². The third kappa shape index (κ3) is 9.87. The van der Waals surface area contributed by atoms with Crippen LogP contribution in [0.2, 0.25) is 0 Å². The van der Waals surface area contributed by atoms with Gasteiger partial charge in [0, 0.05) is 26.0 Å². The first-order valence-corrected chi connectivity index (χ1v) is 17.8. The average molecular weight is 691 g/mol. The fourth-order valence-electron chi connectivity index (χ4n) is 7.56. The Morgan fingerprint density at radius 3 is 2.27 bits per heavy atom. The summed E-state index contributed by atoms with van der Waals surface area (Å²) in [6.07, 6.45) is -5.95. The molecule has 0 aromatic heterocycles. The van der Waals surface area contributed by atoms with Crippen molar-refractivity contribution in [1.82, 2.24) is 5.32 Å². The molecule has 282 valence electrons. The molecular weight excluding hydrogens is 626 g/mol. The van der Waals surface area contributed by atoms with E-state index in [0.29, 0.717) is 19.4 Å². The summed E-state index contributed by atoms with van der Waals surface area (Å²) in [6.45, 7) is 15.7. The van der Waals surface area contributed by atoms with E-state index in [1.165, 1.54) is 6.92 Å². The number of rotatable bonds is 7. The molecule has 2 unspecified atom stereocenters. The quantitative estimate of drug-likeness (QED) is 0.241. The van der Waals surface area contributed by atoms with E-state index in [1.54, 1.807) is 41.7 Å². The van der Waals surface area contributed by atoms with Gasteiger partial charge < -0.3 is 59.3 Å². The van der Waals surface area contributed by atoms with Crippen molar-refractivity contribution in [3.8, 4) is 0 Å². The van der Waals surface area contributed by atoms with Gasteiger partial charge in [0.1, 0.15) is 23.9 Å². The second-order valence-corrected chi connectivity index (χ2v) is 15.4. The van der Waals surface area contributed by atoms with Gasteiger partial charge in [-0.15, -0.1) is 6.61 Å². The number of aliphatic hydroxyl groups is 4. The molecule has 3 saturated heterocycles. The highest BCUT2D eigenvalue weighted by Gasteiger charge is 2.49. The van der Waals surface area contributed by atoms with E-state index in [9.17, 15) is 30.3 Å². The van der Waals surface area contributed by atoms with Crippen molar-refractivity contribution in [2.75, 3.05) is 20.3 Å². The molecule has 3 aliphatic rings. The first-order valence-electron chi connectivity index (χ1n) is 17.8. The van der Waals surface area contributed by atoms with Crippen LogP contribution in [-0.2, 0) is 33.2 Å². The Bertz CT molecular complexity index is 1010. The Labute approximate surface area is 286 Å². The lowest BCUT2D eigenvalue weighted by atomic mass is 9.80. The molecule has 0 bridgehead atoms. The summed E-state index contributed by atoms with van der Waals surface area (Å²) in [5, 5.41) is 61.0. The SMILES string of the molecule is CC[C@H]1OC(=O)[C@H](C)[C@@H](O[C@H]2C[C@@](C)(OC)C(C[O-])[C@H](C)O2)C[C@@H](OC2O[C@H](C)CC[C@H]2O)[C@](C)(O)C[C@@H](C)CN[C@H](C)[C@@H](O)[C@]1(C)O. The first kappa shape index (κ1) is 41.5. The number of ether oxygens (including phenoxy) is 6. The van der Waals surface area contributed by atoms with Gasteiger partial charge >= 0.3 is 5.97 Å². The van der Waals surface area contributed by atoms with Crippen molar-refractivity contribution in [1.29, 1.82) is 0 Å². The Kier molecular flexibility index (Phi) is 14.7. The van der Waals surface area contributed by atoms with Gasteiger partial charge in [0.05, 0.1) is 41.5 Å². The summed E-state index contributed by atoms with van der Waals surface area (Å²) in [4.78, 5) is 13.9. The average Bonchev–Trinajstić information content (AvgIpc) is 3.01. The standard InChI is InChI=1S/C35H64NO12/c1-11-27-35(9,42)30(39)22(5)36-17-19(2)15-33(7,41)28(48-32-25(38)13-12-20(3)44-32)14-26(21(4)31(40)47-27)46-29-16-34(8,43-10)24(18-37)23(6)45-29/h19-30,32,36,38-39,41-42H,11-18H2,1-10H3/q-1/t19-,20-,21-,22-,23+,24?,25-,26+,27-,28-,29+,30-,32?,33-,34-,35-/m1/s1. The molecular formula is C35H64NO12-. The van der Waals surface area contributed by atoms with E-state index in [2.05, 4.69) is 5.32 Å². The van der Waals surface area contributed by atoms with Crippen molar-refractivity contribution in [3.63, 3.8) is 0 Å². The highest BCUT2D eigenvalue weighted by molar-refractivity contribution is 5.73. The van der Waals surface area contributed by atoms with E-state index in [4.69, 9.17) is 28.4 Å². The van der Waals surface area contributed by atoms with Crippen molar-refractivity contribution >= 4 is 5.97 Å². The Morgan fingerprint density at radius 1 is 1.00 bits per heavy atom. The van der Waals surface area contributed by atoms with E-state index >= 15 is 0 Å². The number of cyclic esters (lactones) is 1. The van der Waals surface area contributed by atoms with E-state index in [0.717, 1.165) is 0 Å². The summed E-state index contributed by atoms with van der Waals surface area (Å²) in [6, 6.07) is -0.573. The smallest absolute Gasteiger partial charge is 0.311 e. The molecule has 5 N–H and O–H groups in total. The van der Waals surface area contributed by atoms with E-state index in [1.807, 2.05) is 20.8 Å². The minimum Gasteiger partial charge on any atom is -0.854 e. The Hall–Kier alpha value is -0.970. The molecule has 16 atom stereocenters.